The van der Waals surface area contributed by atoms with E-state index >= 15 is 0 Å². The quantitative estimate of drug-likeness (QED) is 0.128. The van der Waals surface area contributed by atoms with Crippen molar-refractivity contribution in [2.45, 2.75) is 13.5 Å². The molecular weight excluding hydrogens is 652 g/mol. The number of benzene rings is 2. The molecule has 9 heteroatoms. The van der Waals surface area contributed by atoms with E-state index in [2.05, 4.69) is 79.1 Å². The Balaban J connectivity index is 0. The fourth-order valence-electron chi connectivity index (χ4n) is 1.77. The summed E-state index contributed by atoms with van der Waals surface area (Å²) in [6, 6.07) is 19.0. The third-order valence-corrected chi connectivity index (χ3v) is 3.38. The Hall–Kier alpha value is -0.440. The minimum absolute atomic E-state index is 0. The maximum absolute atomic E-state index is 5.20. The number of halogens is 3. The molecule has 0 spiro atoms. The van der Waals surface area contributed by atoms with E-state index in [0.717, 1.165) is 22.3 Å². The Morgan fingerprint density at radius 3 is 2.37 bits per heavy atom. The molecule has 0 aliphatic rings. The Bertz CT molecular complexity index is 697. The molecule has 0 bridgehead atoms. The molecule has 0 aliphatic carbocycles. The van der Waals surface area contributed by atoms with Crippen molar-refractivity contribution in [2.75, 3.05) is 14.1 Å². The normalized spacial score (nSPS) is 10.8. The fraction of sp³-hybridized carbons (Fsp3) is 0.222. The van der Waals surface area contributed by atoms with Crippen LogP contribution in [0.15, 0.2) is 63.2 Å². The van der Waals surface area contributed by atoms with E-state index in [1.807, 2.05) is 49.4 Å². The van der Waals surface area contributed by atoms with Crippen LogP contribution in [0.4, 0.5) is 0 Å². The number of amidine groups is 1. The van der Waals surface area contributed by atoms with E-state index < -0.39 is 0 Å². The first-order valence-corrected chi connectivity index (χ1v) is 11.3. The average molecular weight is 674 g/mol. The van der Waals surface area contributed by atoms with Crippen molar-refractivity contribution < 1.29 is 20.0 Å². The van der Waals surface area contributed by atoms with E-state index in [0.29, 0.717) is 0 Å². The van der Waals surface area contributed by atoms with E-state index in [1.54, 1.807) is 20.0 Å². The summed E-state index contributed by atoms with van der Waals surface area (Å²) in [5, 5.41) is 7.54. The second-order valence-corrected chi connectivity index (χ2v) is 6.59. The van der Waals surface area contributed by atoms with Crippen molar-refractivity contribution >= 4 is 61.0 Å². The van der Waals surface area contributed by atoms with Crippen LogP contribution in [0.3, 0.4) is 0 Å². The molecule has 2 rings (SSSR count). The Labute approximate surface area is 198 Å². The first-order valence-electron chi connectivity index (χ1n) is 7.41. The second-order valence-electron chi connectivity index (χ2n) is 5.26. The van der Waals surface area contributed by atoms with Gasteiger partial charge in [-0.15, -0.1) is 18.0 Å². The van der Waals surface area contributed by atoms with Gasteiger partial charge in [0.05, 0.1) is 5.71 Å². The number of nitrogens with zero attached hydrogens (tertiary/aromatic N) is 3. The summed E-state index contributed by atoms with van der Waals surface area (Å²) in [5.74, 6) is 0. The van der Waals surface area contributed by atoms with Crippen molar-refractivity contribution in [1.82, 2.24) is 4.90 Å². The van der Waals surface area contributed by atoms with Crippen LogP contribution in [0.5, 0.6) is 0 Å². The standard InChI is InChI=1S/C9H10BrN3S.C9H12N.Au.2ClH/c1-6(12-13-9(11)14)7-3-2-4-8(10)5-7;1-10(2)8-9-6-4-3-5-7-9;;;/h2-5H,1H3,(H3,11,13,14);3-6H,8H2,1-2H3;;2*1H/q;-1;+1;;/p-2/b12-6+;;;;. The summed E-state index contributed by atoms with van der Waals surface area (Å²) in [6.07, 6.45) is 0. The molecule has 2 aromatic rings. The van der Waals surface area contributed by atoms with Gasteiger partial charge >= 0.3 is 29.2 Å². The zero-order valence-electron chi connectivity index (χ0n) is 15.1. The summed E-state index contributed by atoms with van der Waals surface area (Å²) >= 11 is 9.71. The molecule has 0 aliphatic heterocycles. The molecule has 2 aromatic carbocycles. The molecule has 0 amide bonds. The van der Waals surface area contributed by atoms with Crippen LogP contribution in [0.2, 0.25) is 0 Å². The molecule has 4 nitrogen and oxygen atoms in total. The molecule has 0 atom stereocenters. The molecule has 0 unspecified atom stereocenters. The molecule has 2 N–H and O–H groups in total. The van der Waals surface area contributed by atoms with E-state index in [4.69, 9.17) is 5.73 Å². The predicted molar refractivity (Wildman–Crippen MR) is 121 cm³/mol. The van der Waals surface area contributed by atoms with Gasteiger partial charge in [0.2, 0.25) is 0 Å². The zero-order valence-corrected chi connectivity index (χ0v) is 21.3. The Morgan fingerprint density at radius 2 is 1.89 bits per heavy atom. The third-order valence-electron chi connectivity index (χ3n) is 2.80. The summed E-state index contributed by atoms with van der Waals surface area (Å²) in [4.78, 5) is 2.13. The molecule has 154 valence electrons. The predicted octanol–water partition coefficient (Wildman–Crippen LogP) is 4.69. The van der Waals surface area contributed by atoms with Gasteiger partial charge in [0.15, 0.2) is 0 Å². The maximum atomic E-state index is 5.20. The second kappa shape index (κ2) is 17.6. The van der Waals surface area contributed by atoms with Crippen LogP contribution in [-0.2, 0) is 39.2 Å². The molecule has 0 saturated carbocycles. The topological polar surface area (TPSA) is 54.0 Å². The van der Waals surface area contributed by atoms with Crippen molar-refractivity contribution in [2.24, 2.45) is 15.9 Å². The van der Waals surface area contributed by atoms with Crippen LogP contribution in [0.1, 0.15) is 18.1 Å². The van der Waals surface area contributed by atoms with Crippen LogP contribution in [0.25, 0.3) is 0 Å². The molecule has 0 fully saturated rings. The molecular formula is C18H22AuBrCl2N4S-2. The zero-order chi connectivity index (χ0) is 19.9. The van der Waals surface area contributed by atoms with Crippen molar-refractivity contribution in [1.29, 1.82) is 0 Å². The number of nitrogens with two attached hydrogens (primary N) is 1. The SMILES string of the molecule is C/C(=N\N=C(\N)[S-])c1cccc(Br)c1.CN(C)Cc1[c-]cccc1.Cl.[Cl][Au]. The average Bonchev–Trinajstić information content (AvgIpc) is 2.62. The van der Waals surface area contributed by atoms with Crippen molar-refractivity contribution in [3.8, 4) is 0 Å². The third kappa shape index (κ3) is 15.2. The van der Waals surface area contributed by atoms with Gasteiger partial charge in [0.1, 0.15) is 0 Å². The Morgan fingerprint density at radius 1 is 1.22 bits per heavy atom. The number of hydrogen-bond donors (Lipinski definition) is 1. The molecule has 0 radical (unpaired) electrons. The van der Waals surface area contributed by atoms with E-state index in [-0.39, 0.29) is 17.6 Å². The van der Waals surface area contributed by atoms with Crippen LogP contribution < -0.4 is 5.73 Å². The number of hydrogen-bond acceptors (Lipinski definition) is 4. The van der Waals surface area contributed by atoms with E-state index in [9.17, 15) is 0 Å². The van der Waals surface area contributed by atoms with Gasteiger partial charge in [-0.05, 0) is 43.9 Å². The van der Waals surface area contributed by atoms with Gasteiger partial charge in [-0.25, -0.2) is 0 Å². The minimum atomic E-state index is 0. The van der Waals surface area contributed by atoms with Gasteiger partial charge in [0, 0.05) is 11.0 Å². The summed E-state index contributed by atoms with van der Waals surface area (Å²) in [5.41, 5.74) is 8.20. The summed E-state index contributed by atoms with van der Waals surface area (Å²) < 4.78 is 1.000. The van der Waals surface area contributed by atoms with Gasteiger partial charge in [-0.1, -0.05) is 28.1 Å². The van der Waals surface area contributed by atoms with Crippen LogP contribution >= 0.6 is 37.5 Å². The van der Waals surface area contributed by atoms with Crippen LogP contribution in [-0.4, -0.2) is 29.9 Å². The van der Waals surface area contributed by atoms with Crippen LogP contribution in [0, 0.1) is 6.07 Å². The fourth-order valence-corrected chi connectivity index (χ4v) is 2.21. The first-order chi connectivity index (χ1) is 12.4. The van der Waals surface area contributed by atoms with Gasteiger partial charge < -0.3 is 23.3 Å². The van der Waals surface area contributed by atoms with Gasteiger partial charge in [-0.3, -0.25) is 0 Å². The molecule has 0 heterocycles. The molecule has 27 heavy (non-hydrogen) atoms. The van der Waals surface area contributed by atoms with Gasteiger partial charge in [-0.2, -0.15) is 40.5 Å². The van der Waals surface area contributed by atoms with Crippen molar-refractivity contribution in [3.05, 3.63) is 70.2 Å². The summed E-state index contributed by atoms with van der Waals surface area (Å²) in [6.45, 7) is 2.82. The van der Waals surface area contributed by atoms with Gasteiger partial charge in [0.25, 0.3) is 0 Å². The molecule has 0 saturated heterocycles. The molecule has 0 aromatic heterocycles. The first kappa shape index (κ1) is 28.8. The van der Waals surface area contributed by atoms with Crippen molar-refractivity contribution in [3.63, 3.8) is 0 Å². The monoisotopic (exact) mass is 672 g/mol. The number of rotatable bonds is 4. The Kier molecular flexibility index (Phi) is 18.8. The van der Waals surface area contributed by atoms with E-state index in [1.165, 1.54) is 5.56 Å². The summed E-state index contributed by atoms with van der Waals surface area (Å²) in [7, 11) is 8.70.